The Morgan fingerprint density at radius 2 is 1.93 bits per heavy atom. The number of benzene rings is 1. The minimum Gasteiger partial charge on any atom is -0.216 e. The number of rotatable bonds is 1. The second-order valence-corrected chi connectivity index (χ2v) is 3.60. The molecule has 0 aliphatic carbocycles. The van der Waals surface area contributed by atoms with Crippen LogP contribution in [0.2, 0.25) is 0 Å². The molecule has 0 fully saturated rings. The zero-order valence-corrected chi connectivity index (χ0v) is 9.19. The van der Waals surface area contributed by atoms with E-state index in [0.29, 0.717) is 10.6 Å². The van der Waals surface area contributed by atoms with Gasteiger partial charge in [-0.25, -0.2) is 15.0 Å². The van der Waals surface area contributed by atoms with Crippen LogP contribution in [0.1, 0.15) is 5.56 Å². The highest BCUT2D eigenvalue weighted by atomic mass is 79.9. The number of nitrogens with zero attached hydrogens (tertiary/aromatic N) is 3. The van der Waals surface area contributed by atoms with E-state index in [0.717, 1.165) is 11.1 Å². The third-order valence-electron chi connectivity index (χ3n) is 1.93. The van der Waals surface area contributed by atoms with Crippen molar-refractivity contribution in [2.75, 3.05) is 0 Å². The molecule has 4 heteroatoms. The Bertz CT molecular complexity index is 457. The topological polar surface area (TPSA) is 38.7 Å². The largest absolute Gasteiger partial charge is 0.216 e. The molecule has 0 atom stereocenters. The molecule has 1 aromatic heterocycles. The fourth-order valence-electron chi connectivity index (χ4n) is 1.23. The van der Waals surface area contributed by atoms with Crippen molar-refractivity contribution < 1.29 is 0 Å². The summed E-state index contributed by atoms with van der Waals surface area (Å²) in [5, 5.41) is 0. The van der Waals surface area contributed by atoms with Crippen molar-refractivity contribution in [3.63, 3.8) is 0 Å². The average Bonchev–Trinajstić information content (AvgIpc) is 2.18. The first-order valence-electron chi connectivity index (χ1n) is 4.18. The lowest BCUT2D eigenvalue weighted by Gasteiger charge is -2.02. The maximum absolute atomic E-state index is 4.20. The molecule has 0 aliphatic heterocycles. The molecule has 1 heterocycles. The van der Waals surface area contributed by atoms with Crippen molar-refractivity contribution in [2.24, 2.45) is 0 Å². The summed E-state index contributed by atoms with van der Waals surface area (Å²) in [5.41, 5.74) is 2.20. The molecule has 1 aromatic carbocycles. The number of aryl methyl sites for hydroxylation is 1. The van der Waals surface area contributed by atoms with Crippen molar-refractivity contribution in [3.05, 3.63) is 40.9 Å². The van der Waals surface area contributed by atoms with E-state index in [1.807, 2.05) is 31.2 Å². The number of aromatic nitrogens is 3. The monoisotopic (exact) mass is 249 g/mol. The highest BCUT2D eigenvalue weighted by Gasteiger charge is 2.03. The van der Waals surface area contributed by atoms with Crippen LogP contribution < -0.4 is 0 Å². The van der Waals surface area contributed by atoms with Gasteiger partial charge in [0.1, 0.15) is 6.33 Å². The van der Waals surface area contributed by atoms with E-state index < -0.39 is 0 Å². The molecule has 0 N–H and O–H groups in total. The lowest BCUT2D eigenvalue weighted by molar-refractivity contribution is 1.02. The van der Waals surface area contributed by atoms with Crippen LogP contribution in [-0.2, 0) is 0 Å². The molecule has 0 amide bonds. The van der Waals surface area contributed by atoms with E-state index in [1.54, 1.807) is 0 Å². The number of hydrogen-bond donors (Lipinski definition) is 0. The molecule has 0 saturated heterocycles. The maximum atomic E-state index is 4.20. The Hall–Kier alpha value is -1.29. The molecular weight excluding hydrogens is 242 g/mol. The Kier molecular flexibility index (Phi) is 2.54. The Balaban J connectivity index is 2.55. The summed E-state index contributed by atoms with van der Waals surface area (Å²) in [4.78, 5) is 12.2. The molecule has 2 aromatic rings. The smallest absolute Gasteiger partial charge is 0.200 e. The summed E-state index contributed by atoms with van der Waals surface area (Å²) in [6, 6.07) is 8.00. The fraction of sp³-hybridized carbons (Fsp3) is 0.100. The van der Waals surface area contributed by atoms with Crippen LogP contribution in [0, 0.1) is 6.92 Å². The van der Waals surface area contributed by atoms with Crippen molar-refractivity contribution in [2.45, 2.75) is 6.92 Å². The normalized spacial score (nSPS) is 10.1. The van der Waals surface area contributed by atoms with E-state index in [1.165, 1.54) is 6.33 Å². The molecular formula is C10H8BrN3. The van der Waals surface area contributed by atoms with Crippen molar-refractivity contribution in [1.29, 1.82) is 0 Å². The zero-order valence-electron chi connectivity index (χ0n) is 7.61. The van der Waals surface area contributed by atoms with E-state index >= 15 is 0 Å². The van der Waals surface area contributed by atoms with Crippen LogP contribution in [0.15, 0.2) is 35.3 Å². The molecule has 0 aliphatic rings. The second kappa shape index (κ2) is 3.84. The van der Waals surface area contributed by atoms with Gasteiger partial charge in [0.2, 0.25) is 0 Å². The van der Waals surface area contributed by atoms with Crippen molar-refractivity contribution >= 4 is 15.9 Å². The van der Waals surface area contributed by atoms with Crippen LogP contribution >= 0.6 is 15.9 Å². The molecule has 0 unspecified atom stereocenters. The standard InChI is InChI=1S/C10H8BrN3/c1-7-4-2-3-5-8(7)9-12-6-13-10(11)14-9/h2-6H,1H3. The predicted octanol–water partition coefficient (Wildman–Crippen LogP) is 2.61. The minimum absolute atomic E-state index is 0.561. The predicted molar refractivity (Wildman–Crippen MR) is 57.7 cm³/mol. The average molecular weight is 250 g/mol. The summed E-state index contributed by atoms with van der Waals surface area (Å²) in [6.45, 7) is 2.03. The van der Waals surface area contributed by atoms with Gasteiger partial charge in [-0.05, 0) is 28.4 Å². The van der Waals surface area contributed by atoms with E-state index in [9.17, 15) is 0 Å². The Labute approximate surface area is 90.4 Å². The molecule has 0 saturated carbocycles. The van der Waals surface area contributed by atoms with Crippen LogP contribution in [0.4, 0.5) is 0 Å². The van der Waals surface area contributed by atoms with Gasteiger partial charge in [0.05, 0.1) is 0 Å². The molecule has 0 bridgehead atoms. The van der Waals surface area contributed by atoms with Crippen LogP contribution in [-0.4, -0.2) is 15.0 Å². The van der Waals surface area contributed by atoms with Crippen LogP contribution in [0.25, 0.3) is 11.4 Å². The van der Waals surface area contributed by atoms with Gasteiger partial charge >= 0.3 is 0 Å². The second-order valence-electron chi connectivity index (χ2n) is 2.89. The quantitative estimate of drug-likeness (QED) is 0.780. The lowest BCUT2D eigenvalue weighted by Crippen LogP contribution is -1.93. The van der Waals surface area contributed by atoms with Gasteiger partial charge in [0.25, 0.3) is 0 Å². The van der Waals surface area contributed by atoms with Gasteiger partial charge in [-0.2, -0.15) is 0 Å². The zero-order chi connectivity index (χ0) is 9.97. The lowest BCUT2D eigenvalue weighted by atomic mass is 10.1. The third kappa shape index (κ3) is 1.80. The minimum atomic E-state index is 0.561. The van der Waals surface area contributed by atoms with E-state index in [-0.39, 0.29) is 0 Å². The first kappa shape index (κ1) is 9.27. The molecule has 0 radical (unpaired) electrons. The number of hydrogen-bond acceptors (Lipinski definition) is 3. The maximum Gasteiger partial charge on any atom is 0.200 e. The molecule has 70 valence electrons. The van der Waals surface area contributed by atoms with Gasteiger partial charge in [0, 0.05) is 5.56 Å². The van der Waals surface area contributed by atoms with Crippen LogP contribution in [0.5, 0.6) is 0 Å². The Morgan fingerprint density at radius 1 is 1.14 bits per heavy atom. The van der Waals surface area contributed by atoms with Crippen LogP contribution in [0.3, 0.4) is 0 Å². The Morgan fingerprint density at radius 3 is 2.64 bits per heavy atom. The van der Waals surface area contributed by atoms with Crippen molar-refractivity contribution in [3.8, 4) is 11.4 Å². The van der Waals surface area contributed by atoms with Gasteiger partial charge in [-0.3, -0.25) is 0 Å². The first-order chi connectivity index (χ1) is 6.77. The molecule has 2 rings (SSSR count). The van der Waals surface area contributed by atoms with Gasteiger partial charge < -0.3 is 0 Å². The van der Waals surface area contributed by atoms with Gasteiger partial charge in [-0.1, -0.05) is 24.3 Å². The van der Waals surface area contributed by atoms with E-state index in [2.05, 4.69) is 30.9 Å². The van der Waals surface area contributed by atoms with Crippen molar-refractivity contribution in [1.82, 2.24) is 15.0 Å². The molecule has 0 spiro atoms. The molecule has 14 heavy (non-hydrogen) atoms. The summed E-state index contributed by atoms with van der Waals surface area (Å²) in [6.07, 6.45) is 1.50. The summed E-state index contributed by atoms with van der Waals surface area (Å²) >= 11 is 3.22. The summed E-state index contributed by atoms with van der Waals surface area (Å²) in [5.74, 6) is 0.699. The van der Waals surface area contributed by atoms with Gasteiger partial charge in [0.15, 0.2) is 10.6 Å². The summed E-state index contributed by atoms with van der Waals surface area (Å²) < 4.78 is 0.561. The summed E-state index contributed by atoms with van der Waals surface area (Å²) in [7, 11) is 0. The third-order valence-corrected chi connectivity index (χ3v) is 2.31. The fourth-order valence-corrected chi connectivity index (χ4v) is 1.49. The molecule has 3 nitrogen and oxygen atoms in total. The highest BCUT2D eigenvalue weighted by molar-refractivity contribution is 9.10. The first-order valence-corrected chi connectivity index (χ1v) is 4.97. The number of halogens is 1. The highest BCUT2D eigenvalue weighted by Crippen LogP contribution is 2.19. The van der Waals surface area contributed by atoms with Gasteiger partial charge in [-0.15, -0.1) is 0 Å². The SMILES string of the molecule is Cc1ccccc1-c1ncnc(Br)n1. The van der Waals surface area contributed by atoms with E-state index in [4.69, 9.17) is 0 Å².